The Morgan fingerprint density at radius 2 is 1.89 bits per heavy atom. The van der Waals surface area contributed by atoms with Crippen LogP contribution in [0.1, 0.15) is 13.8 Å². The summed E-state index contributed by atoms with van der Waals surface area (Å²) in [7, 11) is 0. The van der Waals surface area contributed by atoms with Gasteiger partial charge in [0.15, 0.2) is 6.29 Å². The fourth-order valence-corrected chi connectivity index (χ4v) is 2.17. The smallest absolute Gasteiger partial charge is 0.175 e. The maximum atomic E-state index is 6.03. The van der Waals surface area contributed by atoms with Crippen molar-refractivity contribution in [2.45, 2.75) is 26.7 Å². The minimum Gasteiger partial charge on any atom is -0.351 e. The van der Waals surface area contributed by atoms with Crippen LogP contribution >= 0.6 is 11.6 Å². The highest BCUT2D eigenvalue weighted by atomic mass is 35.5. The number of ether oxygens (including phenoxy) is 2. The Bertz CT molecular complexity index is 503. The van der Waals surface area contributed by atoms with Gasteiger partial charge >= 0.3 is 0 Å². The first-order valence-electron chi connectivity index (χ1n) is 6.22. The van der Waals surface area contributed by atoms with Crippen molar-refractivity contribution >= 4 is 22.5 Å². The van der Waals surface area contributed by atoms with Gasteiger partial charge in [-0.2, -0.15) is 0 Å². The highest BCUT2D eigenvalue weighted by Gasteiger charge is 2.10. The normalized spacial score (nSPS) is 11.6. The fourth-order valence-electron chi connectivity index (χ4n) is 2.00. The summed E-state index contributed by atoms with van der Waals surface area (Å²) in [6.07, 6.45) is 1.82. The van der Waals surface area contributed by atoms with E-state index in [-0.39, 0.29) is 6.29 Å². The van der Waals surface area contributed by atoms with Crippen LogP contribution in [0.2, 0.25) is 5.02 Å². The number of nitrogens with zero attached hydrogens (tertiary/aromatic N) is 1. The van der Waals surface area contributed by atoms with Crippen molar-refractivity contribution in [2.24, 2.45) is 0 Å². The van der Waals surface area contributed by atoms with E-state index in [0.29, 0.717) is 19.8 Å². The van der Waals surface area contributed by atoms with Crippen LogP contribution in [0.4, 0.5) is 0 Å². The number of aromatic nitrogens is 1. The topological polar surface area (TPSA) is 23.4 Å². The highest BCUT2D eigenvalue weighted by molar-refractivity contribution is 6.31. The zero-order valence-electron chi connectivity index (χ0n) is 10.7. The summed E-state index contributed by atoms with van der Waals surface area (Å²) in [5.74, 6) is 0. The van der Waals surface area contributed by atoms with Crippen LogP contribution in [0.15, 0.2) is 30.5 Å². The molecule has 0 bridgehead atoms. The molecule has 0 fully saturated rings. The number of fused-ring (bicyclic) bond motifs is 1. The van der Waals surface area contributed by atoms with Crippen molar-refractivity contribution in [3.8, 4) is 0 Å². The van der Waals surface area contributed by atoms with Gasteiger partial charge in [0, 0.05) is 29.9 Å². The molecule has 0 saturated heterocycles. The molecule has 1 aromatic heterocycles. The lowest BCUT2D eigenvalue weighted by Crippen LogP contribution is -2.23. The lowest BCUT2D eigenvalue weighted by atomic mass is 10.2. The second kappa shape index (κ2) is 6.23. The molecule has 0 radical (unpaired) electrons. The molecule has 0 amide bonds. The van der Waals surface area contributed by atoms with E-state index in [0.717, 1.165) is 10.5 Å². The SMILES string of the molecule is CCOC(Cn1ccc2ccc(Cl)cc21)OCC. The Labute approximate surface area is 112 Å². The maximum Gasteiger partial charge on any atom is 0.175 e. The van der Waals surface area contributed by atoms with Gasteiger partial charge in [0.25, 0.3) is 0 Å². The van der Waals surface area contributed by atoms with E-state index >= 15 is 0 Å². The van der Waals surface area contributed by atoms with E-state index in [9.17, 15) is 0 Å². The summed E-state index contributed by atoms with van der Waals surface area (Å²) in [6.45, 7) is 5.90. The van der Waals surface area contributed by atoms with Gasteiger partial charge in [0.2, 0.25) is 0 Å². The molecule has 2 aromatic rings. The van der Waals surface area contributed by atoms with Gasteiger partial charge in [0.05, 0.1) is 6.54 Å². The zero-order chi connectivity index (χ0) is 13.0. The second-order valence-corrected chi connectivity index (χ2v) is 4.45. The van der Waals surface area contributed by atoms with E-state index in [1.165, 1.54) is 5.39 Å². The quantitative estimate of drug-likeness (QED) is 0.745. The number of hydrogen-bond acceptors (Lipinski definition) is 2. The highest BCUT2D eigenvalue weighted by Crippen LogP contribution is 2.21. The van der Waals surface area contributed by atoms with E-state index in [1.807, 2.05) is 38.2 Å². The molecule has 0 unspecified atom stereocenters. The standard InChI is InChI=1S/C14H18ClNO2/c1-3-17-14(18-4-2)10-16-8-7-11-5-6-12(15)9-13(11)16/h5-9,14H,3-4,10H2,1-2H3. The first-order chi connectivity index (χ1) is 8.74. The summed E-state index contributed by atoms with van der Waals surface area (Å²) in [5, 5.41) is 1.91. The van der Waals surface area contributed by atoms with Gasteiger partial charge in [-0.25, -0.2) is 0 Å². The number of benzene rings is 1. The van der Waals surface area contributed by atoms with Crippen molar-refractivity contribution in [2.75, 3.05) is 13.2 Å². The molecular formula is C14H18ClNO2. The number of halogens is 1. The van der Waals surface area contributed by atoms with Crippen molar-refractivity contribution < 1.29 is 9.47 Å². The summed E-state index contributed by atoms with van der Waals surface area (Å²) in [6, 6.07) is 7.95. The van der Waals surface area contributed by atoms with E-state index in [2.05, 4.69) is 10.6 Å². The molecule has 98 valence electrons. The molecule has 0 saturated carbocycles. The molecule has 0 N–H and O–H groups in total. The molecule has 0 atom stereocenters. The Kier molecular flexibility index (Phi) is 4.64. The molecular weight excluding hydrogens is 250 g/mol. The van der Waals surface area contributed by atoms with Crippen LogP contribution in [0, 0.1) is 0 Å². The fraction of sp³-hybridized carbons (Fsp3) is 0.429. The molecule has 3 nitrogen and oxygen atoms in total. The van der Waals surface area contributed by atoms with Crippen LogP contribution < -0.4 is 0 Å². The molecule has 18 heavy (non-hydrogen) atoms. The minimum atomic E-state index is -0.213. The van der Waals surface area contributed by atoms with Crippen molar-refractivity contribution in [3.05, 3.63) is 35.5 Å². The third-order valence-electron chi connectivity index (χ3n) is 2.79. The van der Waals surface area contributed by atoms with E-state index in [1.54, 1.807) is 0 Å². The van der Waals surface area contributed by atoms with Gasteiger partial charge in [-0.1, -0.05) is 17.7 Å². The van der Waals surface area contributed by atoms with Gasteiger partial charge in [-0.05, 0) is 37.4 Å². The van der Waals surface area contributed by atoms with E-state index < -0.39 is 0 Å². The van der Waals surface area contributed by atoms with E-state index in [4.69, 9.17) is 21.1 Å². The van der Waals surface area contributed by atoms with Crippen LogP contribution in [0.5, 0.6) is 0 Å². The van der Waals surface area contributed by atoms with Gasteiger partial charge in [0.1, 0.15) is 0 Å². The summed E-state index contributed by atoms with van der Waals surface area (Å²) in [5.41, 5.74) is 1.10. The number of rotatable bonds is 6. The Hall–Kier alpha value is -1.03. The average Bonchev–Trinajstić information content (AvgIpc) is 2.73. The predicted octanol–water partition coefficient (Wildman–Crippen LogP) is 3.69. The van der Waals surface area contributed by atoms with Crippen LogP contribution in [-0.4, -0.2) is 24.1 Å². The Morgan fingerprint density at radius 1 is 1.17 bits per heavy atom. The van der Waals surface area contributed by atoms with Gasteiger partial charge in [-0.3, -0.25) is 0 Å². The number of hydrogen-bond donors (Lipinski definition) is 0. The first kappa shape index (κ1) is 13.4. The van der Waals surface area contributed by atoms with Crippen LogP contribution in [0.25, 0.3) is 10.9 Å². The van der Waals surface area contributed by atoms with Crippen molar-refractivity contribution in [1.29, 1.82) is 0 Å². The summed E-state index contributed by atoms with van der Waals surface area (Å²) < 4.78 is 13.2. The Morgan fingerprint density at radius 3 is 2.56 bits per heavy atom. The molecule has 0 aliphatic carbocycles. The van der Waals surface area contributed by atoms with Crippen LogP contribution in [-0.2, 0) is 16.0 Å². The zero-order valence-corrected chi connectivity index (χ0v) is 11.5. The maximum absolute atomic E-state index is 6.03. The molecule has 2 rings (SSSR count). The minimum absolute atomic E-state index is 0.213. The predicted molar refractivity (Wildman–Crippen MR) is 74.0 cm³/mol. The monoisotopic (exact) mass is 267 g/mol. The Balaban J connectivity index is 2.21. The van der Waals surface area contributed by atoms with Crippen molar-refractivity contribution in [3.63, 3.8) is 0 Å². The average molecular weight is 268 g/mol. The molecule has 4 heteroatoms. The lowest BCUT2D eigenvalue weighted by molar-refractivity contribution is -0.143. The molecule has 0 spiro atoms. The molecule has 1 aromatic carbocycles. The second-order valence-electron chi connectivity index (χ2n) is 4.01. The first-order valence-corrected chi connectivity index (χ1v) is 6.60. The summed E-state index contributed by atoms with van der Waals surface area (Å²) >= 11 is 6.03. The van der Waals surface area contributed by atoms with Crippen LogP contribution in [0.3, 0.4) is 0 Å². The largest absolute Gasteiger partial charge is 0.351 e. The lowest BCUT2D eigenvalue weighted by Gasteiger charge is -2.18. The molecule has 0 aliphatic rings. The molecule has 1 heterocycles. The third kappa shape index (κ3) is 3.05. The van der Waals surface area contributed by atoms with Gasteiger partial charge < -0.3 is 14.0 Å². The third-order valence-corrected chi connectivity index (χ3v) is 3.02. The van der Waals surface area contributed by atoms with Crippen molar-refractivity contribution in [1.82, 2.24) is 4.57 Å². The van der Waals surface area contributed by atoms with Gasteiger partial charge in [-0.15, -0.1) is 0 Å². The summed E-state index contributed by atoms with van der Waals surface area (Å²) in [4.78, 5) is 0. The molecule has 0 aliphatic heterocycles.